The van der Waals surface area contributed by atoms with Gasteiger partial charge in [-0.2, -0.15) is 0 Å². The summed E-state index contributed by atoms with van der Waals surface area (Å²) >= 11 is 0. The number of aliphatic hydroxyl groups is 1. The van der Waals surface area contributed by atoms with Crippen molar-refractivity contribution in [2.24, 2.45) is 5.92 Å². The van der Waals surface area contributed by atoms with Crippen molar-refractivity contribution in [1.82, 2.24) is 10.2 Å². The zero-order valence-electron chi connectivity index (χ0n) is 9.11. The lowest BCUT2D eigenvalue weighted by molar-refractivity contribution is 0.0956. The van der Waals surface area contributed by atoms with E-state index in [0.29, 0.717) is 5.92 Å². The second kappa shape index (κ2) is 4.84. The molecule has 4 nitrogen and oxygen atoms in total. The number of carbonyl (C=O) groups is 1. The molecule has 0 aromatic rings. The second-order valence-corrected chi connectivity index (χ2v) is 4.71. The molecule has 0 atom stereocenters. The van der Waals surface area contributed by atoms with Gasteiger partial charge < -0.3 is 15.3 Å². The third-order valence-electron chi connectivity index (χ3n) is 3.46. The summed E-state index contributed by atoms with van der Waals surface area (Å²) in [7, 11) is 0. The van der Waals surface area contributed by atoms with Crippen LogP contribution in [0.25, 0.3) is 0 Å². The van der Waals surface area contributed by atoms with Crippen molar-refractivity contribution in [3.8, 4) is 0 Å². The molecule has 2 rings (SSSR count). The normalized spacial score (nSPS) is 32.6. The first-order valence-electron chi connectivity index (χ1n) is 5.96. The van der Waals surface area contributed by atoms with Crippen LogP contribution in [0.5, 0.6) is 0 Å². The first-order chi connectivity index (χ1) is 7.25. The van der Waals surface area contributed by atoms with Crippen LogP contribution in [-0.4, -0.2) is 41.8 Å². The third kappa shape index (κ3) is 2.84. The molecule has 0 radical (unpaired) electrons. The van der Waals surface area contributed by atoms with Crippen LogP contribution in [0, 0.1) is 5.92 Å². The van der Waals surface area contributed by atoms with E-state index < -0.39 is 0 Å². The molecular formula is C11H20N2O2. The van der Waals surface area contributed by atoms with E-state index in [-0.39, 0.29) is 12.1 Å². The number of urea groups is 1. The maximum atomic E-state index is 11.5. The van der Waals surface area contributed by atoms with Crippen molar-refractivity contribution < 1.29 is 9.90 Å². The van der Waals surface area contributed by atoms with Gasteiger partial charge in [0.05, 0.1) is 6.10 Å². The molecule has 1 saturated heterocycles. The monoisotopic (exact) mass is 212 g/mol. The van der Waals surface area contributed by atoms with E-state index in [0.717, 1.165) is 51.7 Å². The number of aliphatic hydroxyl groups excluding tert-OH is 1. The van der Waals surface area contributed by atoms with Crippen LogP contribution >= 0.6 is 0 Å². The summed E-state index contributed by atoms with van der Waals surface area (Å²) in [6, 6.07) is 0.0902. The Labute approximate surface area is 90.6 Å². The SMILES string of the molecule is O=C1NCCCN1CC1CCC(O)CC1. The van der Waals surface area contributed by atoms with Crippen molar-refractivity contribution in [1.29, 1.82) is 0 Å². The van der Waals surface area contributed by atoms with E-state index in [1.165, 1.54) is 0 Å². The van der Waals surface area contributed by atoms with Gasteiger partial charge in [0.1, 0.15) is 0 Å². The van der Waals surface area contributed by atoms with Gasteiger partial charge >= 0.3 is 6.03 Å². The summed E-state index contributed by atoms with van der Waals surface area (Å²) < 4.78 is 0. The van der Waals surface area contributed by atoms with Crippen LogP contribution in [-0.2, 0) is 0 Å². The Bertz CT molecular complexity index is 225. The second-order valence-electron chi connectivity index (χ2n) is 4.71. The molecule has 1 aliphatic carbocycles. The van der Waals surface area contributed by atoms with Gasteiger partial charge in [0, 0.05) is 19.6 Å². The van der Waals surface area contributed by atoms with Crippen molar-refractivity contribution in [3.05, 3.63) is 0 Å². The number of amides is 2. The molecule has 2 amide bonds. The first-order valence-corrected chi connectivity index (χ1v) is 5.96. The van der Waals surface area contributed by atoms with Crippen molar-refractivity contribution in [2.45, 2.75) is 38.2 Å². The van der Waals surface area contributed by atoms with Crippen LogP contribution < -0.4 is 5.32 Å². The molecule has 0 unspecified atom stereocenters. The smallest absolute Gasteiger partial charge is 0.317 e. The Morgan fingerprint density at radius 3 is 2.73 bits per heavy atom. The maximum absolute atomic E-state index is 11.5. The minimum Gasteiger partial charge on any atom is -0.393 e. The Kier molecular flexibility index (Phi) is 3.46. The topological polar surface area (TPSA) is 52.6 Å². The molecule has 86 valence electrons. The molecule has 15 heavy (non-hydrogen) atoms. The van der Waals surface area contributed by atoms with E-state index in [1.807, 2.05) is 4.90 Å². The average Bonchev–Trinajstić information content (AvgIpc) is 2.25. The lowest BCUT2D eigenvalue weighted by Crippen LogP contribution is -2.48. The molecule has 1 saturated carbocycles. The third-order valence-corrected chi connectivity index (χ3v) is 3.46. The van der Waals surface area contributed by atoms with Gasteiger partial charge in [-0.25, -0.2) is 4.79 Å². The molecule has 1 heterocycles. The van der Waals surface area contributed by atoms with Crippen LogP contribution in [0.1, 0.15) is 32.1 Å². The number of hydrogen-bond donors (Lipinski definition) is 2. The molecule has 0 aromatic heterocycles. The summed E-state index contributed by atoms with van der Waals surface area (Å²) in [4.78, 5) is 13.4. The van der Waals surface area contributed by atoms with E-state index >= 15 is 0 Å². The van der Waals surface area contributed by atoms with Crippen LogP contribution in [0.4, 0.5) is 4.79 Å². The number of nitrogens with zero attached hydrogens (tertiary/aromatic N) is 1. The number of carbonyl (C=O) groups excluding carboxylic acids is 1. The Morgan fingerprint density at radius 1 is 1.33 bits per heavy atom. The van der Waals surface area contributed by atoms with E-state index in [4.69, 9.17) is 0 Å². The minimum absolute atomic E-state index is 0.0902. The van der Waals surface area contributed by atoms with Gasteiger partial charge in [-0.1, -0.05) is 0 Å². The summed E-state index contributed by atoms with van der Waals surface area (Å²) in [5.74, 6) is 0.595. The highest BCUT2D eigenvalue weighted by Crippen LogP contribution is 2.25. The molecule has 2 N–H and O–H groups in total. The van der Waals surface area contributed by atoms with Gasteiger partial charge in [-0.3, -0.25) is 0 Å². The number of nitrogens with one attached hydrogen (secondary N) is 1. The largest absolute Gasteiger partial charge is 0.393 e. The van der Waals surface area contributed by atoms with Crippen molar-refractivity contribution in [3.63, 3.8) is 0 Å². The summed E-state index contributed by atoms with van der Waals surface area (Å²) in [6.45, 7) is 2.59. The molecule has 0 bridgehead atoms. The molecule has 1 aliphatic heterocycles. The lowest BCUT2D eigenvalue weighted by atomic mass is 9.87. The highest BCUT2D eigenvalue weighted by Gasteiger charge is 2.24. The van der Waals surface area contributed by atoms with Gasteiger partial charge in [-0.15, -0.1) is 0 Å². The minimum atomic E-state index is -0.101. The first kappa shape index (κ1) is 10.7. The maximum Gasteiger partial charge on any atom is 0.317 e. The molecule has 2 fully saturated rings. The Hall–Kier alpha value is -0.770. The summed E-state index contributed by atoms with van der Waals surface area (Å²) in [6.07, 6.45) is 4.88. The zero-order chi connectivity index (χ0) is 10.7. The fourth-order valence-electron chi connectivity index (χ4n) is 2.49. The van der Waals surface area contributed by atoms with Crippen LogP contribution in [0.3, 0.4) is 0 Å². The number of hydrogen-bond acceptors (Lipinski definition) is 2. The van der Waals surface area contributed by atoms with Gasteiger partial charge in [0.25, 0.3) is 0 Å². The van der Waals surface area contributed by atoms with E-state index in [1.54, 1.807) is 0 Å². The Morgan fingerprint density at radius 2 is 2.07 bits per heavy atom. The van der Waals surface area contributed by atoms with Gasteiger partial charge in [0.15, 0.2) is 0 Å². The van der Waals surface area contributed by atoms with E-state index in [9.17, 15) is 9.90 Å². The summed E-state index contributed by atoms with van der Waals surface area (Å²) in [5, 5.41) is 12.3. The highest BCUT2D eigenvalue weighted by atomic mass is 16.3. The standard InChI is InChI=1S/C11H20N2O2/c14-10-4-2-9(3-5-10)8-13-7-1-6-12-11(13)15/h9-10,14H,1-8H2,(H,12,15). The van der Waals surface area contributed by atoms with Gasteiger partial charge in [0.2, 0.25) is 0 Å². The molecule has 2 aliphatic rings. The van der Waals surface area contributed by atoms with Gasteiger partial charge in [-0.05, 0) is 38.0 Å². The molecule has 0 spiro atoms. The van der Waals surface area contributed by atoms with Crippen molar-refractivity contribution >= 4 is 6.03 Å². The zero-order valence-corrected chi connectivity index (χ0v) is 9.11. The fraction of sp³-hybridized carbons (Fsp3) is 0.909. The molecule has 0 aromatic carbocycles. The number of rotatable bonds is 2. The van der Waals surface area contributed by atoms with E-state index in [2.05, 4.69) is 5.32 Å². The van der Waals surface area contributed by atoms with Crippen molar-refractivity contribution in [2.75, 3.05) is 19.6 Å². The molecular weight excluding hydrogens is 192 g/mol. The lowest BCUT2D eigenvalue weighted by Gasteiger charge is -2.33. The molecule has 4 heteroatoms. The van der Waals surface area contributed by atoms with Crippen LogP contribution in [0.2, 0.25) is 0 Å². The predicted octanol–water partition coefficient (Wildman–Crippen LogP) is 0.953. The van der Waals surface area contributed by atoms with Crippen LogP contribution in [0.15, 0.2) is 0 Å². The highest BCUT2D eigenvalue weighted by molar-refractivity contribution is 5.74. The predicted molar refractivity (Wildman–Crippen MR) is 57.6 cm³/mol. The fourth-order valence-corrected chi connectivity index (χ4v) is 2.49. The average molecular weight is 212 g/mol. The quantitative estimate of drug-likeness (QED) is 0.716. The summed E-state index contributed by atoms with van der Waals surface area (Å²) in [5.41, 5.74) is 0. The Balaban J connectivity index is 1.78.